The zero-order valence-corrected chi connectivity index (χ0v) is 17.5. The van der Waals surface area contributed by atoms with E-state index in [1.165, 1.54) is 24.6 Å². The average Bonchev–Trinajstić information content (AvgIpc) is 3.07. The molecular formula is C19H21N3O7S. The minimum absolute atomic E-state index is 0.0698. The lowest BCUT2D eigenvalue weighted by atomic mass is 10.1. The first-order valence-electron chi connectivity index (χ1n) is 9.00. The van der Waals surface area contributed by atoms with Gasteiger partial charge in [0.25, 0.3) is 11.6 Å². The summed E-state index contributed by atoms with van der Waals surface area (Å²) in [5.74, 6) is -0.368. The molecule has 0 unspecified atom stereocenters. The van der Waals surface area contributed by atoms with Crippen molar-refractivity contribution in [3.05, 3.63) is 51.6 Å². The van der Waals surface area contributed by atoms with Crippen molar-refractivity contribution in [3.8, 4) is 11.5 Å². The molecule has 0 aliphatic carbocycles. The third-order valence-electron chi connectivity index (χ3n) is 4.80. The number of methoxy groups -OCH3 is 2. The van der Waals surface area contributed by atoms with Crippen molar-refractivity contribution in [2.24, 2.45) is 0 Å². The van der Waals surface area contributed by atoms with Crippen molar-refractivity contribution in [2.75, 3.05) is 36.1 Å². The molecule has 0 radical (unpaired) electrons. The Labute approximate surface area is 173 Å². The minimum Gasteiger partial charge on any atom is -0.493 e. The van der Waals surface area contributed by atoms with Crippen LogP contribution in [0.25, 0.3) is 0 Å². The first kappa shape index (κ1) is 21.4. The molecule has 3 rings (SSSR count). The number of rotatable bonds is 6. The molecule has 10 nitrogen and oxygen atoms in total. The Balaban J connectivity index is 1.98. The summed E-state index contributed by atoms with van der Waals surface area (Å²) in [6, 6.07) is 7.24. The molecule has 1 aliphatic heterocycles. The Hall–Kier alpha value is -3.34. The summed E-state index contributed by atoms with van der Waals surface area (Å²) < 4.78 is 35.9. The first-order valence-corrected chi connectivity index (χ1v) is 10.6. The van der Waals surface area contributed by atoms with Gasteiger partial charge in [-0.05, 0) is 31.0 Å². The molecule has 1 N–H and O–H groups in total. The van der Waals surface area contributed by atoms with Gasteiger partial charge >= 0.3 is 0 Å². The quantitative estimate of drug-likeness (QED) is 0.546. The van der Waals surface area contributed by atoms with Crippen LogP contribution in [-0.2, 0) is 10.0 Å². The van der Waals surface area contributed by atoms with Crippen molar-refractivity contribution < 1.29 is 27.6 Å². The van der Waals surface area contributed by atoms with E-state index in [2.05, 4.69) is 5.32 Å². The number of ether oxygens (including phenoxy) is 2. The second-order valence-corrected chi connectivity index (χ2v) is 8.69. The normalized spacial score (nSPS) is 15.0. The molecule has 1 aliphatic rings. The number of carbonyl (C=O) groups is 1. The maximum atomic E-state index is 12.9. The third-order valence-corrected chi connectivity index (χ3v) is 6.67. The van der Waals surface area contributed by atoms with Crippen molar-refractivity contribution >= 4 is 33.0 Å². The molecule has 1 fully saturated rings. The van der Waals surface area contributed by atoms with E-state index in [0.29, 0.717) is 29.9 Å². The molecule has 1 amide bonds. The molecule has 0 bridgehead atoms. The molecule has 0 saturated carbocycles. The second kappa shape index (κ2) is 8.19. The van der Waals surface area contributed by atoms with E-state index in [1.54, 1.807) is 25.1 Å². The lowest BCUT2D eigenvalue weighted by Gasteiger charge is -2.19. The predicted octanol–water partition coefficient (Wildman–Crippen LogP) is 2.71. The monoisotopic (exact) mass is 435 g/mol. The fourth-order valence-electron chi connectivity index (χ4n) is 3.22. The van der Waals surface area contributed by atoms with Gasteiger partial charge in [0.05, 0.1) is 36.6 Å². The van der Waals surface area contributed by atoms with E-state index in [9.17, 15) is 23.3 Å². The number of anilines is 2. The summed E-state index contributed by atoms with van der Waals surface area (Å²) in [5.41, 5.74) is 0.794. The van der Waals surface area contributed by atoms with Gasteiger partial charge in [-0.25, -0.2) is 8.42 Å². The Morgan fingerprint density at radius 1 is 1.17 bits per heavy atom. The molecule has 1 saturated heterocycles. The second-order valence-electron chi connectivity index (χ2n) is 6.68. The minimum atomic E-state index is -3.38. The van der Waals surface area contributed by atoms with Gasteiger partial charge in [0, 0.05) is 18.3 Å². The fourth-order valence-corrected chi connectivity index (χ4v) is 4.78. The van der Waals surface area contributed by atoms with Crippen LogP contribution in [0.5, 0.6) is 11.5 Å². The first-order chi connectivity index (χ1) is 14.2. The zero-order valence-electron chi connectivity index (χ0n) is 16.7. The Kier molecular flexibility index (Phi) is 5.83. The average molecular weight is 435 g/mol. The van der Waals surface area contributed by atoms with Crippen LogP contribution in [0.3, 0.4) is 0 Å². The number of nitro benzene ring substituents is 1. The largest absolute Gasteiger partial charge is 0.493 e. The van der Waals surface area contributed by atoms with E-state index in [-0.39, 0.29) is 22.8 Å². The van der Waals surface area contributed by atoms with Gasteiger partial charge in [-0.2, -0.15) is 0 Å². The van der Waals surface area contributed by atoms with Gasteiger partial charge in [0.1, 0.15) is 5.56 Å². The van der Waals surface area contributed by atoms with Crippen LogP contribution in [0.1, 0.15) is 22.3 Å². The summed E-state index contributed by atoms with van der Waals surface area (Å²) >= 11 is 0. The highest BCUT2D eigenvalue weighted by atomic mass is 32.2. The van der Waals surface area contributed by atoms with Crippen LogP contribution in [0.15, 0.2) is 30.3 Å². The van der Waals surface area contributed by atoms with Crippen LogP contribution in [0.4, 0.5) is 17.1 Å². The topological polar surface area (TPSA) is 128 Å². The smallest absolute Gasteiger partial charge is 0.286 e. The summed E-state index contributed by atoms with van der Waals surface area (Å²) in [7, 11) is -0.692. The van der Waals surface area contributed by atoms with Gasteiger partial charge in [-0.3, -0.25) is 19.2 Å². The van der Waals surface area contributed by atoms with Crippen molar-refractivity contribution in [3.63, 3.8) is 0 Å². The number of nitro groups is 1. The molecule has 2 aromatic carbocycles. The highest BCUT2D eigenvalue weighted by Crippen LogP contribution is 2.35. The lowest BCUT2D eigenvalue weighted by Crippen LogP contribution is -2.25. The highest BCUT2D eigenvalue weighted by molar-refractivity contribution is 7.93. The highest BCUT2D eigenvalue weighted by Gasteiger charge is 2.29. The summed E-state index contributed by atoms with van der Waals surface area (Å²) in [5, 5.41) is 14.1. The van der Waals surface area contributed by atoms with Gasteiger partial charge in [-0.1, -0.05) is 6.07 Å². The molecule has 2 aromatic rings. The molecule has 0 spiro atoms. The number of hydrogen-bond donors (Lipinski definition) is 1. The van der Waals surface area contributed by atoms with Crippen LogP contribution in [0, 0.1) is 17.0 Å². The standard InChI is InChI=1S/C19H21N3O7S/c1-12-5-6-13(21-7-4-8-30(21,26)27)9-15(12)20-19(23)14-10-17(28-2)18(29-3)11-16(14)22(24)25/h5-6,9-11H,4,7-8H2,1-3H3,(H,20,23). The number of carbonyl (C=O) groups excluding carboxylic acids is 1. The fraction of sp³-hybridized carbons (Fsp3) is 0.316. The third kappa shape index (κ3) is 4.01. The Morgan fingerprint density at radius 2 is 1.83 bits per heavy atom. The van der Waals surface area contributed by atoms with Crippen molar-refractivity contribution in [1.82, 2.24) is 0 Å². The van der Waals surface area contributed by atoms with Crippen LogP contribution < -0.4 is 19.1 Å². The maximum absolute atomic E-state index is 12.9. The van der Waals surface area contributed by atoms with Crippen LogP contribution in [-0.4, -0.2) is 45.8 Å². The van der Waals surface area contributed by atoms with E-state index in [4.69, 9.17) is 9.47 Å². The maximum Gasteiger partial charge on any atom is 0.286 e. The van der Waals surface area contributed by atoms with Gasteiger partial charge in [0.2, 0.25) is 10.0 Å². The number of nitrogens with one attached hydrogen (secondary N) is 1. The van der Waals surface area contributed by atoms with E-state index in [1.807, 2.05) is 0 Å². The molecule has 30 heavy (non-hydrogen) atoms. The molecule has 0 aromatic heterocycles. The number of benzene rings is 2. The predicted molar refractivity (Wildman–Crippen MR) is 111 cm³/mol. The molecule has 160 valence electrons. The zero-order chi connectivity index (χ0) is 22.1. The summed E-state index contributed by atoms with van der Waals surface area (Å²) in [6.07, 6.45) is 0.524. The van der Waals surface area contributed by atoms with Crippen LogP contribution in [0.2, 0.25) is 0 Å². The van der Waals surface area contributed by atoms with Crippen LogP contribution >= 0.6 is 0 Å². The summed E-state index contributed by atoms with van der Waals surface area (Å²) in [4.78, 5) is 23.7. The van der Waals surface area contributed by atoms with E-state index >= 15 is 0 Å². The number of aryl methyl sites for hydroxylation is 1. The number of sulfonamides is 1. The molecule has 11 heteroatoms. The number of nitrogens with zero attached hydrogens (tertiary/aromatic N) is 2. The van der Waals surface area contributed by atoms with E-state index < -0.39 is 26.5 Å². The SMILES string of the molecule is COc1cc(C(=O)Nc2cc(N3CCCS3(=O)=O)ccc2C)c([N+](=O)[O-])cc1OC. The van der Waals surface area contributed by atoms with E-state index in [0.717, 1.165) is 6.07 Å². The molecule has 1 heterocycles. The van der Waals surface area contributed by atoms with Gasteiger partial charge < -0.3 is 14.8 Å². The molecule has 0 atom stereocenters. The Morgan fingerprint density at radius 3 is 2.40 bits per heavy atom. The molecular weight excluding hydrogens is 414 g/mol. The number of amides is 1. The Bertz CT molecular complexity index is 1120. The summed E-state index contributed by atoms with van der Waals surface area (Å²) in [6.45, 7) is 2.10. The number of hydrogen-bond acceptors (Lipinski definition) is 7. The van der Waals surface area contributed by atoms with Gasteiger partial charge in [-0.15, -0.1) is 0 Å². The van der Waals surface area contributed by atoms with Crippen molar-refractivity contribution in [2.45, 2.75) is 13.3 Å². The van der Waals surface area contributed by atoms with Crippen molar-refractivity contribution in [1.29, 1.82) is 0 Å². The lowest BCUT2D eigenvalue weighted by molar-refractivity contribution is -0.385. The van der Waals surface area contributed by atoms with Gasteiger partial charge in [0.15, 0.2) is 11.5 Å².